The zero-order valence-electron chi connectivity index (χ0n) is 10.9. The van der Waals surface area contributed by atoms with Crippen LogP contribution in [0.15, 0.2) is 78.9 Å². The Balaban J connectivity index is 0.00000121. The van der Waals surface area contributed by atoms with Gasteiger partial charge in [-0.2, -0.15) is 0 Å². The highest BCUT2D eigenvalue weighted by Gasteiger charge is 2.10. The first-order chi connectivity index (χ1) is 9.45. The molecule has 0 saturated heterocycles. The summed E-state index contributed by atoms with van der Waals surface area (Å²) in [5.74, 6) is 0. The van der Waals surface area contributed by atoms with Crippen molar-refractivity contribution >= 4 is 34.2 Å². The molecular formula is C18H14ClN. The molecule has 0 aliphatic carbocycles. The van der Waals surface area contributed by atoms with Crippen molar-refractivity contribution in [1.82, 2.24) is 4.57 Å². The largest absolute Gasteiger partial charge is 0.309 e. The Labute approximate surface area is 123 Å². The van der Waals surface area contributed by atoms with E-state index in [4.69, 9.17) is 0 Å². The highest BCUT2D eigenvalue weighted by atomic mass is 35.5. The number of nitrogens with zero attached hydrogens (tertiary/aromatic N) is 1. The van der Waals surface area contributed by atoms with Crippen LogP contribution in [0.25, 0.3) is 27.5 Å². The Morgan fingerprint density at radius 1 is 0.500 bits per heavy atom. The molecule has 1 nitrogen and oxygen atoms in total. The van der Waals surface area contributed by atoms with E-state index in [1.54, 1.807) is 0 Å². The minimum Gasteiger partial charge on any atom is -0.309 e. The fourth-order valence-corrected chi connectivity index (χ4v) is 2.78. The second kappa shape index (κ2) is 5.03. The molecular weight excluding hydrogens is 266 g/mol. The maximum Gasteiger partial charge on any atom is 0.0541 e. The quantitative estimate of drug-likeness (QED) is 0.451. The summed E-state index contributed by atoms with van der Waals surface area (Å²) in [5.41, 5.74) is 3.73. The number of hydrogen-bond acceptors (Lipinski definition) is 0. The lowest BCUT2D eigenvalue weighted by molar-refractivity contribution is 1.18. The Bertz CT molecular complexity index is 809. The Morgan fingerprint density at radius 2 is 0.950 bits per heavy atom. The van der Waals surface area contributed by atoms with Gasteiger partial charge in [-0.15, -0.1) is 12.4 Å². The van der Waals surface area contributed by atoms with Gasteiger partial charge in [0.2, 0.25) is 0 Å². The van der Waals surface area contributed by atoms with Gasteiger partial charge in [0.1, 0.15) is 0 Å². The van der Waals surface area contributed by atoms with Crippen molar-refractivity contribution in [1.29, 1.82) is 0 Å². The summed E-state index contributed by atoms with van der Waals surface area (Å²) in [6.45, 7) is 0. The van der Waals surface area contributed by atoms with E-state index in [-0.39, 0.29) is 12.4 Å². The average Bonchev–Trinajstić information content (AvgIpc) is 2.83. The van der Waals surface area contributed by atoms with Gasteiger partial charge in [0, 0.05) is 16.5 Å². The van der Waals surface area contributed by atoms with E-state index in [1.807, 2.05) is 0 Å². The van der Waals surface area contributed by atoms with E-state index < -0.39 is 0 Å². The summed E-state index contributed by atoms with van der Waals surface area (Å²) in [5, 5.41) is 2.61. The van der Waals surface area contributed by atoms with Crippen LogP contribution >= 0.6 is 12.4 Å². The van der Waals surface area contributed by atoms with Gasteiger partial charge in [0.25, 0.3) is 0 Å². The molecule has 1 heterocycles. The Morgan fingerprint density at radius 3 is 1.50 bits per heavy atom. The summed E-state index contributed by atoms with van der Waals surface area (Å²) in [6, 6.07) is 27.7. The van der Waals surface area contributed by atoms with Crippen LogP contribution in [-0.4, -0.2) is 4.57 Å². The molecule has 0 amide bonds. The fraction of sp³-hybridized carbons (Fsp3) is 0. The Hall–Kier alpha value is -2.25. The standard InChI is InChI=1S/C18H13N.ClH/c1-2-8-14(9-3-1)19-17-12-6-4-10-15(17)16-11-5-7-13-18(16)19;/h1-13H;1H. The van der Waals surface area contributed by atoms with E-state index in [0.717, 1.165) is 0 Å². The van der Waals surface area contributed by atoms with E-state index >= 15 is 0 Å². The first kappa shape index (κ1) is 12.8. The first-order valence-corrected chi connectivity index (χ1v) is 6.49. The predicted molar refractivity (Wildman–Crippen MR) is 88.0 cm³/mol. The zero-order valence-corrected chi connectivity index (χ0v) is 11.7. The van der Waals surface area contributed by atoms with Gasteiger partial charge >= 0.3 is 0 Å². The van der Waals surface area contributed by atoms with Gasteiger partial charge in [-0.25, -0.2) is 0 Å². The third-order valence-corrected chi connectivity index (χ3v) is 3.59. The summed E-state index contributed by atoms with van der Waals surface area (Å²) >= 11 is 0. The predicted octanol–water partition coefficient (Wildman–Crippen LogP) is 5.21. The SMILES string of the molecule is Cl.c1ccc(-n2c3ccccc3c3ccccc32)cc1. The zero-order chi connectivity index (χ0) is 12.7. The third-order valence-electron chi connectivity index (χ3n) is 3.59. The summed E-state index contributed by atoms with van der Waals surface area (Å²) in [7, 11) is 0. The van der Waals surface area contributed by atoms with Gasteiger partial charge in [-0.05, 0) is 24.3 Å². The molecule has 0 spiro atoms. The molecule has 98 valence electrons. The molecule has 1 aromatic heterocycles. The molecule has 0 N–H and O–H groups in total. The van der Waals surface area contributed by atoms with Crippen LogP contribution in [0.5, 0.6) is 0 Å². The molecule has 0 radical (unpaired) electrons. The van der Waals surface area contributed by atoms with Crippen LogP contribution < -0.4 is 0 Å². The number of rotatable bonds is 1. The van der Waals surface area contributed by atoms with Gasteiger partial charge in [-0.1, -0.05) is 54.6 Å². The summed E-state index contributed by atoms with van der Waals surface area (Å²) < 4.78 is 2.32. The second-order valence-electron chi connectivity index (χ2n) is 4.71. The Kier molecular flexibility index (Phi) is 3.21. The van der Waals surface area contributed by atoms with Crippen molar-refractivity contribution in [2.24, 2.45) is 0 Å². The van der Waals surface area contributed by atoms with Gasteiger partial charge in [-0.3, -0.25) is 0 Å². The van der Waals surface area contributed by atoms with Crippen molar-refractivity contribution in [2.75, 3.05) is 0 Å². The van der Waals surface area contributed by atoms with Crippen molar-refractivity contribution in [2.45, 2.75) is 0 Å². The lowest BCUT2D eigenvalue weighted by Gasteiger charge is -2.06. The maximum absolute atomic E-state index is 2.32. The van der Waals surface area contributed by atoms with Crippen LogP contribution in [0.3, 0.4) is 0 Å². The van der Waals surface area contributed by atoms with Crippen molar-refractivity contribution in [3.63, 3.8) is 0 Å². The van der Waals surface area contributed by atoms with Crippen molar-refractivity contribution < 1.29 is 0 Å². The molecule has 4 aromatic rings. The van der Waals surface area contributed by atoms with Crippen LogP contribution in [0.2, 0.25) is 0 Å². The van der Waals surface area contributed by atoms with E-state index in [1.165, 1.54) is 27.5 Å². The van der Waals surface area contributed by atoms with Crippen LogP contribution in [0.4, 0.5) is 0 Å². The van der Waals surface area contributed by atoms with Crippen molar-refractivity contribution in [3.8, 4) is 5.69 Å². The number of hydrogen-bond donors (Lipinski definition) is 0. The fourth-order valence-electron chi connectivity index (χ4n) is 2.78. The summed E-state index contributed by atoms with van der Waals surface area (Å²) in [6.07, 6.45) is 0. The van der Waals surface area contributed by atoms with Gasteiger partial charge < -0.3 is 4.57 Å². The smallest absolute Gasteiger partial charge is 0.0541 e. The summed E-state index contributed by atoms with van der Waals surface area (Å²) in [4.78, 5) is 0. The molecule has 0 aliphatic rings. The molecule has 0 unspecified atom stereocenters. The lowest BCUT2D eigenvalue weighted by atomic mass is 10.2. The molecule has 0 saturated carbocycles. The number of aromatic nitrogens is 1. The van der Waals surface area contributed by atoms with Gasteiger partial charge in [0.15, 0.2) is 0 Å². The molecule has 2 heteroatoms. The third kappa shape index (κ3) is 1.79. The van der Waals surface area contributed by atoms with Gasteiger partial charge in [0.05, 0.1) is 11.0 Å². The van der Waals surface area contributed by atoms with Crippen LogP contribution in [0.1, 0.15) is 0 Å². The van der Waals surface area contributed by atoms with E-state index in [2.05, 4.69) is 83.4 Å². The maximum atomic E-state index is 2.32. The minimum absolute atomic E-state index is 0. The second-order valence-corrected chi connectivity index (χ2v) is 4.71. The van der Waals surface area contributed by atoms with Crippen LogP contribution in [-0.2, 0) is 0 Å². The number of benzene rings is 3. The minimum atomic E-state index is 0. The average molecular weight is 280 g/mol. The first-order valence-electron chi connectivity index (χ1n) is 6.49. The number of para-hydroxylation sites is 3. The van der Waals surface area contributed by atoms with Crippen LogP contribution in [0, 0.1) is 0 Å². The molecule has 0 fully saturated rings. The van der Waals surface area contributed by atoms with E-state index in [9.17, 15) is 0 Å². The molecule has 4 rings (SSSR count). The molecule has 3 aromatic carbocycles. The molecule has 0 atom stereocenters. The normalized spacial score (nSPS) is 10.6. The number of fused-ring (bicyclic) bond motifs is 3. The monoisotopic (exact) mass is 279 g/mol. The lowest BCUT2D eigenvalue weighted by Crippen LogP contribution is -1.92. The topological polar surface area (TPSA) is 4.93 Å². The van der Waals surface area contributed by atoms with E-state index in [0.29, 0.717) is 0 Å². The molecule has 0 bridgehead atoms. The molecule has 0 aliphatic heterocycles. The number of halogens is 1. The highest BCUT2D eigenvalue weighted by molar-refractivity contribution is 6.09. The highest BCUT2D eigenvalue weighted by Crippen LogP contribution is 2.31. The molecule has 20 heavy (non-hydrogen) atoms. The van der Waals surface area contributed by atoms with Crippen molar-refractivity contribution in [3.05, 3.63) is 78.9 Å².